The van der Waals surface area contributed by atoms with Gasteiger partial charge in [-0.3, -0.25) is 4.79 Å². The Labute approximate surface area is 181 Å². The number of benzene rings is 1. The Morgan fingerprint density at radius 3 is 2.53 bits per heavy atom. The molecule has 1 N–H and O–H groups in total. The Balaban J connectivity index is 1.64. The quantitative estimate of drug-likeness (QED) is 0.607. The van der Waals surface area contributed by atoms with Crippen LogP contribution in [0.1, 0.15) is 59.0 Å². The number of sulfone groups is 1. The number of rotatable bonds is 8. The van der Waals surface area contributed by atoms with Crippen molar-refractivity contribution < 1.29 is 22.7 Å². The molecule has 2 aromatic rings. The van der Waals surface area contributed by atoms with Gasteiger partial charge in [-0.2, -0.15) is 0 Å². The molecule has 1 aliphatic rings. The van der Waals surface area contributed by atoms with Crippen LogP contribution < -0.4 is 5.32 Å². The van der Waals surface area contributed by atoms with Crippen LogP contribution in [0.25, 0.3) is 0 Å². The first-order valence-electron chi connectivity index (χ1n) is 10.2. The van der Waals surface area contributed by atoms with E-state index in [1.54, 1.807) is 31.2 Å². The topological polar surface area (TPSA) is 89.5 Å². The van der Waals surface area contributed by atoms with Gasteiger partial charge in [0.2, 0.25) is 5.91 Å². The number of anilines is 1. The van der Waals surface area contributed by atoms with Gasteiger partial charge in [-0.05, 0) is 63.6 Å². The van der Waals surface area contributed by atoms with E-state index in [1.807, 2.05) is 6.92 Å². The lowest BCUT2D eigenvalue weighted by Gasteiger charge is -2.12. The summed E-state index contributed by atoms with van der Waals surface area (Å²) < 4.78 is 30.1. The van der Waals surface area contributed by atoms with E-state index in [0.717, 1.165) is 41.7 Å². The molecule has 0 atom stereocenters. The highest BCUT2D eigenvalue weighted by atomic mass is 32.2. The molecule has 1 amide bonds. The number of esters is 1. The normalized spacial score (nSPS) is 13.5. The summed E-state index contributed by atoms with van der Waals surface area (Å²) in [6, 6.07) is 6.70. The molecular formula is C22H27NO5S2. The van der Waals surface area contributed by atoms with Gasteiger partial charge >= 0.3 is 5.97 Å². The monoisotopic (exact) mass is 449 g/mol. The van der Waals surface area contributed by atoms with Crippen LogP contribution in [0.4, 0.5) is 5.00 Å². The molecule has 0 bridgehead atoms. The first kappa shape index (κ1) is 22.5. The molecule has 1 aromatic heterocycles. The van der Waals surface area contributed by atoms with Gasteiger partial charge in [0.25, 0.3) is 0 Å². The lowest BCUT2D eigenvalue weighted by atomic mass is 9.95. The van der Waals surface area contributed by atoms with Gasteiger partial charge in [0.15, 0.2) is 9.84 Å². The first-order chi connectivity index (χ1) is 14.3. The average Bonchev–Trinajstić information content (AvgIpc) is 3.06. The molecule has 0 saturated heterocycles. The summed E-state index contributed by atoms with van der Waals surface area (Å²) >= 11 is 1.43. The van der Waals surface area contributed by atoms with Crippen molar-refractivity contribution >= 4 is 38.1 Å². The van der Waals surface area contributed by atoms with Crippen LogP contribution in [0.3, 0.4) is 0 Å². The Morgan fingerprint density at radius 2 is 1.83 bits per heavy atom. The summed E-state index contributed by atoms with van der Waals surface area (Å²) in [6.45, 7) is 3.92. The van der Waals surface area contributed by atoms with E-state index in [-0.39, 0.29) is 36.0 Å². The van der Waals surface area contributed by atoms with Crippen molar-refractivity contribution in [3.05, 3.63) is 45.8 Å². The van der Waals surface area contributed by atoms with Crippen molar-refractivity contribution in [3.8, 4) is 0 Å². The molecule has 8 heteroatoms. The smallest absolute Gasteiger partial charge is 0.341 e. The standard InChI is InChI=1S/C22H27NO5S2/c1-3-28-22(25)20-17-7-4-5-8-18(17)29-21(20)23-19(24)9-6-14-30(26,27)16-12-10-15(2)11-13-16/h10-13H,3-9,14H2,1-2H3,(H,23,24). The van der Waals surface area contributed by atoms with Crippen molar-refractivity contribution in [3.63, 3.8) is 0 Å². The number of fused-ring (bicyclic) bond motifs is 1. The second kappa shape index (κ2) is 9.75. The molecule has 162 valence electrons. The lowest BCUT2D eigenvalue weighted by Crippen LogP contribution is -2.16. The van der Waals surface area contributed by atoms with Gasteiger partial charge in [-0.25, -0.2) is 13.2 Å². The van der Waals surface area contributed by atoms with Crippen LogP contribution >= 0.6 is 11.3 Å². The van der Waals surface area contributed by atoms with Crippen LogP contribution in [0.15, 0.2) is 29.2 Å². The highest BCUT2D eigenvalue weighted by molar-refractivity contribution is 7.91. The Morgan fingerprint density at radius 1 is 1.13 bits per heavy atom. The molecule has 0 saturated carbocycles. The van der Waals surface area contributed by atoms with E-state index in [9.17, 15) is 18.0 Å². The maximum atomic E-state index is 12.5. The second-order valence-corrected chi connectivity index (χ2v) is 10.6. The molecular weight excluding hydrogens is 422 g/mol. The molecule has 0 fully saturated rings. The number of amides is 1. The Hall–Kier alpha value is -2.19. The second-order valence-electron chi connectivity index (χ2n) is 7.42. The third-order valence-corrected chi connectivity index (χ3v) is 8.12. The van der Waals surface area contributed by atoms with Crippen LogP contribution in [0, 0.1) is 6.92 Å². The number of nitrogens with one attached hydrogen (secondary N) is 1. The Bertz CT molecular complexity index is 1020. The van der Waals surface area contributed by atoms with Crippen molar-refractivity contribution in [2.75, 3.05) is 17.7 Å². The summed E-state index contributed by atoms with van der Waals surface area (Å²) in [5, 5.41) is 3.34. The summed E-state index contributed by atoms with van der Waals surface area (Å²) in [4.78, 5) is 26.3. The number of ether oxygens (including phenoxy) is 1. The van der Waals surface area contributed by atoms with Crippen LogP contribution in [0.2, 0.25) is 0 Å². The van der Waals surface area contributed by atoms with E-state index >= 15 is 0 Å². The molecule has 0 spiro atoms. The van der Waals surface area contributed by atoms with Gasteiger partial charge in [0.1, 0.15) is 5.00 Å². The van der Waals surface area contributed by atoms with Gasteiger partial charge in [0, 0.05) is 11.3 Å². The summed E-state index contributed by atoms with van der Waals surface area (Å²) in [5.74, 6) is -0.804. The van der Waals surface area contributed by atoms with Crippen molar-refractivity contribution in [1.29, 1.82) is 0 Å². The lowest BCUT2D eigenvalue weighted by molar-refractivity contribution is -0.116. The number of hydrogen-bond donors (Lipinski definition) is 1. The van der Waals surface area contributed by atoms with E-state index in [0.29, 0.717) is 10.6 Å². The fourth-order valence-electron chi connectivity index (χ4n) is 3.55. The average molecular weight is 450 g/mol. The third kappa shape index (κ3) is 5.29. The molecule has 6 nitrogen and oxygen atoms in total. The highest BCUT2D eigenvalue weighted by Crippen LogP contribution is 2.38. The number of aryl methyl sites for hydroxylation is 2. The summed E-state index contributed by atoms with van der Waals surface area (Å²) in [7, 11) is -3.43. The van der Waals surface area contributed by atoms with Gasteiger partial charge in [-0.15, -0.1) is 11.3 Å². The predicted molar refractivity (Wildman–Crippen MR) is 118 cm³/mol. The molecule has 30 heavy (non-hydrogen) atoms. The van der Waals surface area contributed by atoms with Crippen LogP contribution in [0.5, 0.6) is 0 Å². The molecule has 1 aromatic carbocycles. The van der Waals surface area contributed by atoms with Crippen LogP contribution in [-0.2, 0) is 32.2 Å². The van der Waals surface area contributed by atoms with Gasteiger partial charge in [-0.1, -0.05) is 17.7 Å². The number of thiophene rings is 1. The zero-order chi connectivity index (χ0) is 21.7. The molecule has 0 aliphatic heterocycles. The zero-order valence-corrected chi connectivity index (χ0v) is 19.0. The van der Waals surface area contributed by atoms with E-state index in [2.05, 4.69) is 5.32 Å². The maximum absolute atomic E-state index is 12.5. The number of carbonyl (C=O) groups is 2. The minimum atomic E-state index is -3.43. The molecule has 0 radical (unpaired) electrons. The molecule has 1 heterocycles. The van der Waals surface area contributed by atoms with Crippen molar-refractivity contribution in [2.24, 2.45) is 0 Å². The fourth-order valence-corrected chi connectivity index (χ4v) is 6.15. The largest absolute Gasteiger partial charge is 0.462 e. The third-order valence-electron chi connectivity index (χ3n) is 5.10. The molecule has 1 aliphatic carbocycles. The SMILES string of the molecule is CCOC(=O)c1c(NC(=O)CCCS(=O)(=O)c2ccc(C)cc2)sc2c1CCCC2. The van der Waals surface area contributed by atoms with E-state index in [1.165, 1.54) is 11.3 Å². The van der Waals surface area contributed by atoms with Gasteiger partial charge in [0.05, 0.1) is 22.8 Å². The molecule has 3 rings (SSSR count). The summed E-state index contributed by atoms with van der Waals surface area (Å²) in [6.07, 6.45) is 4.07. The summed E-state index contributed by atoms with van der Waals surface area (Å²) in [5.41, 5.74) is 2.45. The Kier molecular flexibility index (Phi) is 7.31. The molecule has 0 unspecified atom stereocenters. The fraction of sp³-hybridized carbons (Fsp3) is 0.455. The maximum Gasteiger partial charge on any atom is 0.341 e. The minimum Gasteiger partial charge on any atom is -0.462 e. The first-order valence-corrected chi connectivity index (χ1v) is 12.7. The van der Waals surface area contributed by atoms with E-state index < -0.39 is 15.8 Å². The van der Waals surface area contributed by atoms with Crippen molar-refractivity contribution in [2.45, 2.75) is 57.3 Å². The van der Waals surface area contributed by atoms with Crippen LogP contribution in [-0.4, -0.2) is 32.7 Å². The van der Waals surface area contributed by atoms with Gasteiger partial charge < -0.3 is 10.1 Å². The predicted octanol–water partition coefficient (Wildman–Crippen LogP) is 4.30. The number of carbonyl (C=O) groups excluding carboxylic acids is 2. The van der Waals surface area contributed by atoms with E-state index in [4.69, 9.17) is 4.74 Å². The zero-order valence-electron chi connectivity index (χ0n) is 17.3. The van der Waals surface area contributed by atoms with Crippen molar-refractivity contribution in [1.82, 2.24) is 0 Å². The highest BCUT2D eigenvalue weighted by Gasteiger charge is 2.27. The minimum absolute atomic E-state index is 0.0654. The number of hydrogen-bond acceptors (Lipinski definition) is 6.